The fourth-order valence-electron chi connectivity index (χ4n) is 1.95. The monoisotopic (exact) mass is 317 g/mol. The molecule has 7 heteroatoms. The molecule has 2 amide bonds. The topological polar surface area (TPSA) is 44.4 Å². The van der Waals surface area contributed by atoms with Gasteiger partial charge in [-0.2, -0.15) is 13.2 Å². The van der Waals surface area contributed by atoms with Gasteiger partial charge in [0.1, 0.15) is 0 Å². The van der Waals surface area contributed by atoms with Crippen LogP contribution in [-0.4, -0.2) is 26.7 Å². The van der Waals surface area contributed by atoms with E-state index in [0.29, 0.717) is 12.2 Å². The standard InChI is InChI=1S/C15H22F3N3O/c1-4-5-6-9-19-14(22)20-12-10-11(15(16,17)18)7-8-13(12)21(2)3/h7-8,10H,4-6,9H2,1-3H3,(H2,19,20,22). The zero-order chi connectivity index (χ0) is 16.8. The number of benzene rings is 1. The van der Waals surface area contributed by atoms with Gasteiger partial charge in [-0.05, 0) is 24.6 Å². The first-order chi connectivity index (χ1) is 10.3. The van der Waals surface area contributed by atoms with Gasteiger partial charge in [0.2, 0.25) is 0 Å². The summed E-state index contributed by atoms with van der Waals surface area (Å²) in [6, 6.07) is 2.79. The predicted molar refractivity (Wildman–Crippen MR) is 82.3 cm³/mol. The summed E-state index contributed by atoms with van der Waals surface area (Å²) in [6.45, 7) is 2.54. The number of rotatable bonds is 6. The average Bonchev–Trinajstić information content (AvgIpc) is 2.42. The van der Waals surface area contributed by atoms with Gasteiger partial charge in [-0.15, -0.1) is 0 Å². The van der Waals surface area contributed by atoms with Crippen molar-refractivity contribution in [2.24, 2.45) is 0 Å². The maximum Gasteiger partial charge on any atom is 0.416 e. The number of amides is 2. The van der Waals surface area contributed by atoms with Crippen LogP contribution in [0.25, 0.3) is 0 Å². The summed E-state index contributed by atoms with van der Waals surface area (Å²) >= 11 is 0. The second-order valence-electron chi connectivity index (χ2n) is 5.21. The Morgan fingerprint density at radius 3 is 2.45 bits per heavy atom. The number of hydrogen-bond donors (Lipinski definition) is 2. The number of alkyl halides is 3. The molecule has 0 atom stereocenters. The first kappa shape index (κ1) is 18.1. The summed E-state index contributed by atoms with van der Waals surface area (Å²) in [5.41, 5.74) is -0.149. The van der Waals surface area contributed by atoms with Crippen molar-refractivity contribution in [1.82, 2.24) is 5.32 Å². The van der Waals surface area contributed by atoms with Crippen LogP contribution in [0.5, 0.6) is 0 Å². The van der Waals surface area contributed by atoms with Crippen LogP contribution < -0.4 is 15.5 Å². The molecule has 124 valence electrons. The Morgan fingerprint density at radius 2 is 1.91 bits per heavy atom. The summed E-state index contributed by atoms with van der Waals surface area (Å²) in [7, 11) is 3.40. The third-order valence-corrected chi connectivity index (χ3v) is 3.12. The summed E-state index contributed by atoms with van der Waals surface area (Å²) in [6.07, 6.45) is -1.58. The number of carbonyl (C=O) groups excluding carboxylic acids is 1. The van der Waals surface area contributed by atoms with Crippen LogP contribution in [0.3, 0.4) is 0 Å². The van der Waals surface area contributed by atoms with Crippen molar-refractivity contribution < 1.29 is 18.0 Å². The van der Waals surface area contributed by atoms with Gasteiger partial charge in [0.15, 0.2) is 0 Å². The van der Waals surface area contributed by atoms with E-state index in [0.717, 1.165) is 31.4 Å². The van der Waals surface area contributed by atoms with Gasteiger partial charge in [0, 0.05) is 20.6 Å². The molecule has 0 radical (unpaired) electrons. The van der Waals surface area contributed by atoms with E-state index < -0.39 is 17.8 Å². The second kappa shape index (κ2) is 7.91. The summed E-state index contributed by atoms with van der Waals surface area (Å²) in [4.78, 5) is 13.4. The normalized spacial score (nSPS) is 11.2. The van der Waals surface area contributed by atoms with Crippen molar-refractivity contribution in [3.63, 3.8) is 0 Å². The van der Waals surface area contributed by atoms with E-state index in [1.165, 1.54) is 6.07 Å². The quantitative estimate of drug-likeness (QED) is 0.776. The first-order valence-electron chi connectivity index (χ1n) is 7.19. The van der Waals surface area contributed by atoms with Crippen molar-refractivity contribution >= 4 is 17.4 Å². The fourth-order valence-corrected chi connectivity index (χ4v) is 1.95. The van der Waals surface area contributed by atoms with Crippen molar-refractivity contribution in [3.05, 3.63) is 23.8 Å². The number of halogens is 3. The molecule has 2 N–H and O–H groups in total. The number of nitrogens with zero attached hydrogens (tertiary/aromatic N) is 1. The van der Waals surface area contributed by atoms with E-state index in [-0.39, 0.29) is 5.69 Å². The lowest BCUT2D eigenvalue weighted by atomic mass is 10.1. The molecular formula is C15H22F3N3O. The predicted octanol–water partition coefficient (Wildman–Crippen LogP) is 4.08. The van der Waals surface area contributed by atoms with Crippen LogP contribution >= 0.6 is 0 Å². The van der Waals surface area contributed by atoms with E-state index >= 15 is 0 Å². The van der Waals surface area contributed by atoms with Gasteiger partial charge in [-0.3, -0.25) is 0 Å². The molecule has 0 aliphatic heterocycles. The van der Waals surface area contributed by atoms with Crippen molar-refractivity contribution in [2.45, 2.75) is 32.4 Å². The molecule has 0 aromatic heterocycles. The molecule has 0 bridgehead atoms. The Bertz CT molecular complexity index is 501. The molecule has 0 heterocycles. The lowest BCUT2D eigenvalue weighted by Crippen LogP contribution is -2.30. The average molecular weight is 317 g/mol. The molecule has 1 aromatic carbocycles. The number of hydrogen-bond acceptors (Lipinski definition) is 2. The third-order valence-electron chi connectivity index (χ3n) is 3.12. The number of nitrogens with one attached hydrogen (secondary N) is 2. The number of carbonyl (C=O) groups is 1. The Morgan fingerprint density at radius 1 is 1.23 bits per heavy atom. The van der Waals surface area contributed by atoms with Crippen molar-refractivity contribution in [3.8, 4) is 0 Å². The Kier molecular flexibility index (Phi) is 6.52. The van der Waals surface area contributed by atoms with Gasteiger partial charge in [-0.25, -0.2) is 4.79 Å². The highest BCUT2D eigenvalue weighted by Crippen LogP contribution is 2.34. The minimum atomic E-state index is -4.45. The molecule has 0 aliphatic rings. The second-order valence-corrected chi connectivity index (χ2v) is 5.21. The van der Waals surface area contributed by atoms with Crippen molar-refractivity contribution in [2.75, 3.05) is 30.9 Å². The van der Waals surface area contributed by atoms with E-state index in [1.54, 1.807) is 19.0 Å². The van der Waals surface area contributed by atoms with Gasteiger partial charge in [-0.1, -0.05) is 19.8 Å². The summed E-state index contributed by atoms with van der Waals surface area (Å²) in [5.74, 6) is 0. The van der Waals surface area contributed by atoms with E-state index in [2.05, 4.69) is 10.6 Å². The maximum absolute atomic E-state index is 12.8. The SMILES string of the molecule is CCCCCNC(=O)Nc1cc(C(F)(F)F)ccc1N(C)C. The van der Waals surface area contributed by atoms with Crippen LogP contribution in [0, 0.1) is 0 Å². The maximum atomic E-state index is 12.8. The van der Waals surface area contributed by atoms with Crippen LogP contribution in [-0.2, 0) is 6.18 Å². The lowest BCUT2D eigenvalue weighted by Gasteiger charge is -2.20. The van der Waals surface area contributed by atoms with Gasteiger partial charge in [0.05, 0.1) is 16.9 Å². The largest absolute Gasteiger partial charge is 0.416 e. The smallest absolute Gasteiger partial charge is 0.376 e. The number of anilines is 2. The van der Waals surface area contributed by atoms with Crippen molar-refractivity contribution in [1.29, 1.82) is 0 Å². The molecule has 0 unspecified atom stereocenters. The molecule has 0 aliphatic carbocycles. The molecule has 1 rings (SSSR count). The van der Waals surface area contributed by atoms with E-state index in [1.807, 2.05) is 6.92 Å². The third kappa shape index (κ3) is 5.46. The fraction of sp³-hybridized carbons (Fsp3) is 0.533. The molecular weight excluding hydrogens is 295 g/mol. The minimum Gasteiger partial charge on any atom is -0.376 e. The highest BCUT2D eigenvalue weighted by molar-refractivity contribution is 5.93. The van der Waals surface area contributed by atoms with E-state index in [4.69, 9.17) is 0 Å². The highest BCUT2D eigenvalue weighted by Gasteiger charge is 2.31. The highest BCUT2D eigenvalue weighted by atomic mass is 19.4. The summed E-state index contributed by atoms with van der Waals surface area (Å²) < 4.78 is 38.4. The molecule has 0 spiro atoms. The zero-order valence-corrected chi connectivity index (χ0v) is 13.0. The molecule has 0 saturated heterocycles. The number of unbranched alkanes of at least 4 members (excludes halogenated alkanes) is 2. The lowest BCUT2D eigenvalue weighted by molar-refractivity contribution is -0.137. The van der Waals surface area contributed by atoms with Gasteiger partial charge < -0.3 is 15.5 Å². The van der Waals surface area contributed by atoms with Crippen LogP contribution in [0.1, 0.15) is 31.7 Å². The molecule has 1 aromatic rings. The van der Waals surface area contributed by atoms with Crippen LogP contribution in [0.15, 0.2) is 18.2 Å². The molecule has 4 nitrogen and oxygen atoms in total. The zero-order valence-electron chi connectivity index (χ0n) is 13.0. The minimum absolute atomic E-state index is 0.132. The Hall–Kier alpha value is -1.92. The number of urea groups is 1. The first-order valence-corrected chi connectivity index (χ1v) is 7.19. The molecule has 0 fully saturated rings. The molecule has 0 saturated carbocycles. The van der Waals surface area contributed by atoms with Gasteiger partial charge in [0.25, 0.3) is 0 Å². The van der Waals surface area contributed by atoms with Crippen LogP contribution in [0.2, 0.25) is 0 Å². The summed E-state index contributed by atoms with van der Waals surface area (Å²) in [5, 5.41) is 5.13. The van der Waals surface area contributed by atoms with Crippen LogP contribution in [0.4, 0.5) is 29.3 Å². The van der Waals surface area contributed by atoms with E-state index in [9.17, 15) is 18.0 Å². The molecule has 22 heavy (non-hydrogen) atoms. The van der Waals surface area contributed by atoms with Gasteiger partial charge >= 0.3 is 12.2 Å². The Balaban J connectivity index is 2.84. The Labute approximate surface area is 128 Å².